The molecule has 0 spiro atoms. The summed E-state index contributed by atoms with van der Waals surface area (Å²) in [5, 5.41) is 0. The van der Waals surface area contributed by atoms with Crippen LogP contribution in [0.4, 0.5) is 11.6 Å². The van der Waals surface area contributed by atoms with E-state index in [9.17, 15) is 8.76 Å². The first-order chi connectivity index (χ1) is 7.79. The van der Waals surface area contributed by atoms with E-state index >= 15 is 0 Å². The highest BCUT2D eigenvalue weighted by atomic mass is 32.2. The van der Waals surface area contributed by atoms with E-state index in [4.69, 9.17) is 0 Å². The maximum absolute atomic E-state index is 11.3. The minimum absolute atomic E-state index is 0.377. The highest BCUT2D eigenvalue weighted by molar-refractivity contribution is 7.81. The van der Waals surface area contributed by atoms with Gasteiger partial charge < -0.3 is 0 Å². The van der Waals surface area contributed by atoms with Gasteiger partial charge in [0, 0.05) is 12.4 Å². The van der Waals surface area contributed by atoms with Crippen LogP contribution in [0.3, 0.4) is 0 Å². The van der Waals surface area contributed by atoms with Gasteiger partial charge in [-0.2, -0.15) is 0 Å². The second kappa shape index (κ2) is 4.82. The third-order valence-corrected chi connectivity index (χ3v) is 2.56. The van der Waals surface area contributed by atoms with Crippen molar-refractivity contribution in [1.82, 2.24) is 9.97 Å². The van der Waals surface area contributed by atoms with Gasteiger partial charge in [0.25, 0.3) is 11.3 Å². The molecule has 82 valence electrons. The van der Waals surface area contributed by atoms with E-state index < -0.39 is 11.3 Å². The molecule has 2 rings (SSSR count). The molecule has 16 heavy (non-hydrogen) atoms. The lowest BCUT2D eigenvalue weighted by Crippen LogP contribution is -2.21. The number of pyridine rings is 2. The van der Waals surface area contributed by atoms with Crippen molar-refractivity contribution in [3.05, 3.63) is 48.8 Å². The van der Waals surface area contributed by atoms with Gasteiger partial charge in [0.15, 0.2) is 0 Å². The highest BCUT2D eigenvalue weighted by Gasteiger charge is 2.16. The van der Waals surface area contributed by atoms with Crippen LogP contribution in [0.25, 0.3) is 0 Å². The van der Waals surface area contributed by atoms with E-state index in [-0.39, 0.29) is 0 Å². The predicted molar refractivity (Wildman–Crippen MR) is 61.4 cm³/mol. The lowest BCUT2D eigenvalue weighted by molar-refractivity contribution is 0.564. The second-order valence-electron chi connectivity index (χ2n) is 2.90. The van der Waals surface area contributed by atoms with Gasteiger partial charge in [-0.25, -0.2) is 18.5 Å². The molecule has 0 fully saturated rings. The summed E-state index contributed by atoms with van der Waals surface area (Å²) in [7, 11) is 0. The van der Waals surface area contributed by atoms with Crippen LogP contribution in [0.2, 0.25) is 0 Å². The zero-order valence-electron chi connectivity index (χ0n) is 8.22. The molecule has 6 heteroatoms. The van der Waals surface area contributed by atoms with E-state index in [0.29, 0.717) is 11.6 Å². The highest BCUT2D eigenvalue weighted by Crippen LogP contribution is 2.21. The number of hydrogen-bond donors (Lipinski definition) is 1. The van der Waals surface area contributed by atoms with Crippen LogP contribution in [-0.2, 0) is 11.3 Å². The van der Waals surface area contributed by atoms with Gasteiger partial charge in [0.2, 0.25) is 0 Å². The number of anilines is 2. The Hall–Kier alpha value is -1.79. The number of aromatic nitrogens is 2. The lowest BCUT2D eigenvalue weighted by Gasteiger charge is -2.16. The van der Waals surface area contributed by atoms with E-state index in [0.717, 1.165) is 4.31 Å². The van der Waals surface area contributed by atoms with Crippen molar-refractivity contribution in [3.63, 3.8) is 0 Å². The lowest BCUT2D eigenvalue weighted by atomic mass is 10.4. The molecular weight excluding hydrogens is 226 g/mol. The topological polar surface area (TPSA) is 66.3 Å². The summed E-state index contributed by atoms with van der Waals surface area (Å²) >= 11 is -2.20. The smallest absolute Gasteiger partial charge is 0.269 e. The monoisotopic (exact) mass is 235 g/mol. The molecule has 1 atom stereocenters. The third kappa shape index (κ3) is 2.23. The minimum atomic E-state index is -2.20. The molecular formula is C10H9N3O2S. The molecule has 5 nitrogen and oxygen atoms in total. The largest absolute Gasteiger partial charge is 0.289 e. The van der Waals surface area contributed by atoms with Gasteiger partial charge in [-0.05, 0) is 24.3 Å². The molecule has 2 aromatic heterocycles. The normalized spacial score (nSPS) is 12.1. The van der Waals surface area contributed by atoms with E-state index in [1.54, 1.807) is 48.8 Å². The Bertz CT molecular complexity index is 438. The van der Waals surface area contributed by atoms with Gasteiger partial charge in [0.05, 0.1) is 0 Å². The van der Waals surface area contributed by atoms with Gasteiger partial charge >= 0.3 is 0 Å². The molecule has 0 aliphatic heterocycles. The third-order valence-electron chi connectivity index (χ3n) is 1.87. The fraction of sp³-hybridized carbons (Fsp3) is 0. The maximum atomic E-state index is 11.3. The summed E-state index contributed by atoms with van der Waals surface area (Å²) in [4.78, 5) is 8.02. The Kier molecular flexibility index (Phi) is 3.23. The van der Waals surface area contributed by atoms with Crippen LogP contribution in [0.15, 0.2) is 48.8 Å². The van der Waals surface area contributed by atoms with Crippen LogP contribution in [0, 0.1) is 0 Å². The van der Waals surface area contributed by atoms with Crippen molar-refractivity contribution in [2.75, 3.05) is 4.31 Å². The van der Waals surface area contributed by atoms with Crippen LogP contribution in [0.1, 0.15) is 0 Å². The van der Waals surface area contributed by atoms with Crippen LogP contribution in [-0.4, -0.2) is 18.7 Å². The zero-order valence-corrected chi connectivity index (χ0v) is 9.04. The molecule has 0 radical (unpaired) electrons. The molecule has 0 aliphatic carbocycles. The first-order valence-electron chi connectivity index (χ1n) is 4.52. The van der Waals surface area contributed by atoms with Crippen LogP contribution >= 0.6 is 0 Å². The summed E-state index contributed by atoms with van der Waals surface area (Å²) in [5.41, 5.74) is 0. The molecule has 2 aromatic rings. The van der Waals surface area contributed by atoms with Crippen molar-refractivity contribution in [2.45, 2.75) is 0 Å². The Balaban J connectivity index is 2.44. The molecule has 1 N–H and O–H groups in total. The predicted octanol–water partition coefficient (Wildman–Crippen LogP) is 1.75. The summed E-state index contributed by atoms with van der Waals surface area (Å²) in [6.07, 6.45) is 3.11. The molecule has 0 amide bonds. The summed E-state index contributed by atoms with van der Waals surface area (Å²) < 4.78 is 21.6. The molecule has 2 heterocycles. The zero-order chi connectivity index (χ0) is 11.4. The molecule has 1 unspecified atom stereocenters. The fourth-order valence-electron chi connectivity index (χ4n) is 1.23. The molecule has 0 bridgehead atoms. The summed E-state index contributed by atoms with van der Waals surface area (Å²) in [5.74, 6) is 0.754. The minimum Gasteiger partial charge on any atom is -0.289 e. The van der Waals surface area contributed by atoms with Crippen molar-refractivity contribution >= 4 is 22.9 Å². The SMILES string of the molecule is O=S(O)N(c1ccccn1)c1ccccn1. The number of hydrogen-bond acceptors (Lipinski definition) is 3. The summed E-state index contributed by atoms with van der Waals surface area (Å²) in [6, 6.07) is 10.2. The Labute approximate surface area is 95.2 Å². The Morgan fingerprint density at radius 2 is 1.50 bits per heavy atom. The molecule has 0 aliphatic rings. The Morgan fingerprint density at radius 3 is 1.81 bits per heavy atom. The van der Waals surface area contributed by atoms with Crippen LogP contribution in [0.5, 0.6) is 0 Å². The van der Waals surface area contributed by atoms with E-state index in [1.165, 1.54) is 0 Å². The number of rotatable bonds is 3. The van der Waals surface area contributed by atoms with Crippen LogP contribution < -0.4 is 4.31 Å². The van der Waals surface area contributed by atoms with Gasteiger partial charge in [0.1, 0.15) is 11.6 Å². The first kappa shape index (κ1) is 10.7. The van der Waals surface area contributed by atoms with Gasteiger partial charge in [-0.3, -0.25) is 4.55 Å². The quantitative estimate of drug-likeness (QED) is 0.823. The average Bonchev–Trinajstić information content (AvgIpc) is 2.31. The molecule has 0 saturated carbocycles. The van der Waals surface area contributed by atoms with Gasteiger partial charge in [-0.1, -0.05) is 12.1 Å². The van der Waals surface area contributed by atoms with Crippen molar-refractivity contribution < 1.29 is 8.76 Å². The standard InChI is InChI=1S/C10H9N3O2S/c14-16(15)13(9-5-1-3-7-11-9)10-6-2-4-8-12-10/h1-8H,(H,14,15). The van der Waals surface area contributed by atoms with Gasteiger partial charge in [-0.15, -0.1) is 0 Å². The Morgan fingerprint density at radius 1 is 1.00 bits per heavy atom. The maximum Gasteiger partial charge on any atom is 0.269 e. The van der Waals surface area contributed by atoms with Crippen molar-refractivity contribution in [2.24, 2.45) is 0 Å². The first-order valence-corrected chi connectivity index (χ1v) is 5.58. The van der Waals surface area contributed by atoms with E-state index in [1.807, 2.05) is 0 Å². The fourth-order valence-corrected chi connectivity index (χ4v) is 1.76. The van der Waals surface area contributed by atoms with Crippen molar-refractivity contribution in [3.8, 4) is 0 Å². The number of nitrogens with zero attached hydrogens (tertiary/aromatic N) is 3. The second-order valence-corrected chi connectivity index (χ2v) is 3.73. The summed E-state index contributed by atoms with van der Waals surface area (Å²) in [6.45, 7) is 0. The van der Waals surface area contributed by atoms with Crippen molar-refractivity contribution in [1.29, 1.82) is 0 Å². The average molecular weight is 235 g/mol. The van der Waals surface area contributed by atoms with E-state index in [2.05, 4.69) is 9.97 Å². The molecule has 0 aromatic carbocycles. The molecule has 0 saturated heterocycles.